The summed E-state index contributed by atoms with van der Waals surface area (Å²) in [6, 6.07) is 15.6. The van der Waals surface area contributed by atoms with Crippen LogP contribution in [-0.2, 0) is 0 Å². The summed E-state index contributed by atoms with van der Waals surface area (Å²) in [5, 5.41) is 6.48. The zero-order valence-electron chi connectivity index (χ0n) is 15.8. The lowest BCUT2D eigenvalue weighted by molar-refractivity contribution is 0.331. The Morgan fingerprint density at radius 3 is 2.44 bits per heavy atom. The molecule has 0 bridgehead atoms. The number of nitrogens with zero attached hydrogens (tertiary/aromatic N) is 2. The number of rotatable bonds is 8. The van der Waals surface area contributed by atoms with Crippen LogP contribution in [0, 0.1) is 13.8 Å². The molecule has 140 valence electrons. The summed E-state index contributed by atoms with van der Waals surface area (Å²) >= 11 is 0. The molecular weight excluding hydrogens is 340 g/mol. The summed E-state index contributed by atoms with van der Waals surface area (Å²) in [4.78, 5) is 8.73. The van der Waals surface area contributed by atoms with Crippen molar-refractivity contribution in [3.63, 3.8) is 0 Å². The van der Waals surface area contributed by atoms with Gasteiger partial charge in [-0.05, 0) is 67.4 Å². The van der Waals surface area contributed by atoms with E-state index < -0.39 is 0 Å². The second-order valence-corrected chi connectivity index (χ2v) is 6.14. The van der Waals surface area contributed by atoms with E-state index in [0.29, 0.717) is 19.1 Å². The predicted octanol–water partition coefficient (Wildman–Crippen LogP) is 4.34. The van der Waals surface area contributed by atoms with Crippen LogP contribution in [0.3, 0.4) is 0 Å². The van der Waals surface area contributed by atoms with Gasteiger partial charge in [0.15, 0.2) is 0 Å². The van der Waals surface area contributed by atoms with Gasteiger partial charge in [0, 0.05) is 11.9 Å². The lowest BCUT2D eigenvalue weighted by atomic mass is 10.1. The fraction of sp³-hybridized carbons (Fsp3) is 0.238. The first kappa shape index (κ1) is 18.5. The molecule has 0 unspecified atom stereocenters. The van der Waals surface area contributed by atoms with Crippen LogP contribution in [0.5, 0.6) is 11.5 Å². The highest BCUT2D eigenvalue weighted by Crippen LogP contribution is 2.19. The summed E-state index contributed by atoms with van der Waals surface area (Å²) in [6.45, 7) is 5.29. The van der Waals surface area contributed by atoms with Crippen molar-refractivity contribution in [1.82, 2.24) is 9.97 Å². The highest BCUT2D eigenvalue weighted by atomic mass is 16.5. The first-order valence-corrected chi connectivity index (χ1v) is 8.82. The van der Waals surface area contributed by atoms with Gasteiger partial charge in [0.2, 0.25) is 5.95 Å². The summed E-state index contributed by atoms with van der Waals surface area (Å²) in [5.74, 6) is 2.90. The molecule has 1 heterocycles. The Morgan fingerprint density at radius 2 is 1.70 bits per heavy atom. The third kappa shape index (κ3) is 5.34. The second-order valence-electron chi connectivity index (χ2n) is 6.14. The zero-order chi connectivity index (χ0) is 19.1. The molecule has 0 atom stereocenters. The standard InChI is InChI=1S/C21H24N4O2/c1-15-4-5-17(14-16(15)2)24-20-10-11-22-21(25-20)23-12-13-27-19-8-6-18(26-3)7-9-19/h4-11,14H,12-13H2,1-3H3,(H2,22,23,24,25). The third-order valence-corrected chi connectivity index (χ3v) is 4.15. The van der Waals surface area contributed by atoms with Crippen LogP contribution in [0.25, 0.3) is 0 Å². The molecule has 0 amide bonds. The number of hydrogen-bond acceptors (Lipinski definition) is 6. The molecule has 6 heteroatoms. The molecule has 0 aliphatic carbocycles. The number of ether oxygens (including phenoxy) is 2. The van der Waals surface area contributed by atoms with Gasteiger partial charge in [-0.15, -0.1) is 0 Å². The predicted molar refractivity (Wildman–Crippen MR) is 108 cm³/mol. The Kier molecular flexibility index (Phi) is 6.10. The SMILES string of the molecule is COc1ccc(OCCNc2nccc(Nc3ccc(C)c(C)c3)n2)cc1. The Balaban J connectivity index is 1.50. The molecule has 0 saturated carbocycles. The highest BCUT2D eigenvalue weighted by molar-refractivity contribution is 5.58. The average molecular weight is 364 g/mol. The molecule has 3 aromatic rings. The molecule has 27 heavy (non-hydrogen) atoms. The lowest BCUT2D eigenvalue weighted by Gasteiger charge is -2.10. The van der Waals surface area contributed by atoms with Gasteiger partial charge in [0.1, 0.15) is 23.9 Å². The van der Waals surface area contributed by atoms with E-state index in [9.17, 15) is 0 Å². The van der Waals surface area contributed by atoms with Crippen LogP contribution in [0.1, 0.15) is 11.1 Å². The van der Waals surface area contributed by atoms with Gasteiger partial charge in [-0.25, -0.2) is 4.98 Å². The Labute approximate surface area is 159 Å². The van der Waals surface area contributed by atoms with E-state index in [4.69, 9.17) is 9.47 Å². The van der Waals surface area contributed by atoms with Crippen molar-refractivity contribution in [2.45, 2.75) is 13.8 Å². The van der Waals surface area contributed by atoms with Crippen molar-refractivity contribution in [3.05, 3.63) is 65.9 Å². The van der Waals surface area contributed by atoms with Crippen molar-refractivity contribution >= 4 is 17.5 Å². The fourth-order valence-electron chi connectivity index (χ4n) is 2.48. The number of benzene rings is 2. The topological polar surface area (TPSA) is 68.3 Å². The maximum Gasteiger partial charge on any atom is 0.224 e. The van der Waals surface area contributed by atoms with Crippen molar-refractivity contribution in [2.24, 2.45) is 0 Å². The maximum absolute atomic E-state index is 5.69. The van der Waals surface area contributed by atoms with Gasteiger partial charge in [0.25, 0.3) is 0 Å². The van der Waals surface area contributed by atoms with Gasteiger partial charge in [-0.3, -0.25) is 0 Å². The minimum Gasteiger partial charge on any atom is -0.497 e. The van der Waals surface area contributed by atoms with Crippen molar-refractivity contribution in [3.8, 4) is 11.5 Å². The molecule has 3 rings (SSSR count). The second kappa shape index (κ2) is 8.89. The molecule has 0 aliphatic rings. The van der Waals surface area contributed by atoms with Crippen LogP contribution < -0.4 is 20.1 Å². The Hall–Kier alpha value is -3.28. The summed E-state index contributed by atoms with van der Waals surface area (Å²) < 4.78 is 10.8. The van der Waals surface area contributed by atoms with Crippen molar-refractivity contribution in [1.29, 1.82) is 0 Å². The first-order valence-electron chi connectivity index (χ1n) is 8.82. The molecule has 0 saturated heterocycles. The van der Waals surface area contributed by atoms with Gasteiger partial charge >= 0.3 is 0 Å². The summed E-state index contributed by atoms with van der Waals surface area (Å²) in [7, 11) is 1.64. The third-order valence-electron chi connectivity index (χ3n) is 4.15. The fourth-order valence-corrected chi connectivity index (χ4v) is 2.48. The van der Waals surface area contributed by atoms with Crippen LogP contribution >= 0.6 is 0 Å². The monoisotopic (exact) mass is 364 g/mol. The van der Waals surface area contributed by atoms with Crippen molar-refractivity contribution < 1.29 is 9.47 Å². The molecule has 0 aliphatic heterocycles. The van der Waals surface area contributed by atoms with Gasteiger partial charge < -0.3 is 20.1 Å². The molecule has 2 aromatic carbocycles. The molecule has 1 aromatic heterocycles. The Morgan fingerprint density at radius 1 is 0.926 bits per heavy atom. The van der Waals surface area contributed by atoms with Crippen molar-refractivity contribution in [2.75, 3.05) is 30.9 Å². The van der Waals surface area contributed by atoms with E-state index in [1.807, 2.05) is 36.4 Å². The molecule has 0 fully saturated rings. The smallest absolute Gasteiger partial charge is 0.224 e. The van der Waals surface area contributed by atoms with Crippen LogP contribution in [0.15, 0.2) is 54.7 Å². The number of aryl methyl sites for hydroxylation is 2. The van der Waals surface area contributed by atoms with E-state index in [2.05, 4.69) is 46.6 Å². The largest absolute Gasteiger partial charge is 0.497 e. The lowest BCUT2D eigenvalue weighted by Crippen LogP contribution is -2.13. The highest BCUT2D eigenvalue weighted by Gasteiger charge is 2.02. The van der Waals surface area contributed by atoms with E-state index in [1.54, 1.807) is 13.3 Å². The summed E-state index contributed by atoms with van der Waals surface area (Å²) in [6.07, 6.45) is 1.73. The minimum atomic E-state index is 0.504. The molecule has 0 radical (unpaired) electrons. The first-order chi connectivity index (χ1) is 13.1. The minimum absolute atomic E-state index is 0.504. The van der Waals surface area contributed by atoms with E-state index in [1.165, 1.54) is 11.1 Å². The maximum atomic E-state index is 5.69. The van der Waals surface area contributed by atoms with Crippen LogP contribution in [0.4, 0.5) is 17.5 Å². The number of anilines is 3. The number of methoxy groups -OCH3 is 1. The van der Waals surface area contributed by atoms with Gasteiger partial charge in [-0.1, -0.05) is 6.07 Å². The molecule has 2 N–H and O–H groups in total. The normalized spacial score (nSPS) is 10.3. The number of hydrogen-bond donors (Lipinski definition) is 2. The van der Waals surface area contributed by atoms with Gasteiger partial charge in [0.05, 0.1) is 13.7 Å². The van der Waals surface area contributed by atoms with Gasteiger partial charge in [-0.2, -0.15) is 4.98 Å². The van der Waals surface area contributed by atoms with E-state index >= 15 is 0 Å². The average Bonchev–Trinajstić information content (AvgIpc) is 2.69. The summed E-state index contributed by atoms with van der Waals surface area (Å²) in [5.41, 5.74) is 3.51. The quantitative estimate of drug-likeness (QED) is 0.580. The zero-order valence-corrected chi connectivity index (χ0v) is 15.8. The van der Waals surface area contributed by atoms with Crippen LogP contribution in [-0.4, -0.2) is 30.2 Å². The Bertz CT molecular complexity index is 882. The molecule has 6 nitrogen and oxygen atoms in total. The van der Waals surface area contributed by atoms with Crippen LogP contribution in [0.2, 0.25) is 0 Å². The number of nitrogens with one attached hydrogen (secondary N) is 2. The van der Waals surface area contributed by atoms with E-state index in [-0.39, 0.29) is 0 Å². The number of aromatic nitrogens is 2. The molecular formula is C21H24N4O2. The van der Waals surface area contributed by atoms with E-state index in [0.717, 1.165) is 23.0 Å². The molecule has 0 spiro atoms.